The standard InChI is InChI=1S/C11H11ClF3NO2.C7H5ClO2.C5H11Cl/c12-6-7-16(8-11(13,14)15)10(17)18-9-4-2-1-3-5-9;8-7(9)10-6-4-2-1-3-5-6;1-2-3-4-5-6/h1-5H,6-8H2;1-5H;2-5H2,1H3. The van der Waals surface area contributed by atoms with Gasteiger partial charge in [-0.05, 0) is 30.7 Å². The second kappa shape index (κ2) is 19.2. The van der Waals surface area contributed by atoms with Crippen molar-refractivity contribution in [3.05, 3.63) is 60.7 Å². The topological polar surface area (TPSA) is 55.8 Å². The van der Waals surface area contributed by atoms with Crippen molar-refractivity contribution in [2.75, 3.05) is 24.8 Å². The van der Waals surface area contributed by atoms with Gasteiger partial charge in [0.25, 0.3) is 0 Å². The van der Waals surface area contributed by atoms with E-state index in [1.165, 1.54) is 31.4 Å². The lowest BCUT2D eigenvalue weighted by atomic mass is 10.3. The Bertz CT molecular complexity index is 793. The SMILES string of the molecule is CCCCCCl.O=C(Cl)Oc1ccccc1.O=C(Oc1ccccc1)N(CCCl)CC(F)(F)F. The van der Waals surface area contributed by atoms with Crippen molar-refractivity contribution >= 4 is 46.3 Å². The van der Waals surface area contributed by atoms with E-state index in [1.54, 1.807) is 42.5 Å². The van der Waals surface area contributed by atoms with Gasteiger partial charge in [0, 0.05) is 29.9 Å². The Kier molecular flexibility index (Phi) is 18.0. The lowest BCUT2D eigenvalue weighted by molar-refractivity contribution is -0.141. The number of unbranched alkanes of at least 4 members (excludes halogenated alkanes) is 2. The zero-order valence-electron chi connectivity index (χ0n) is 18.6. The highest BCUT2D eigenvalue weighted by molar-refractivity contribution is 6.61. The number of para-hydroxylation sites is 2. The molecule has 11 heteroatoms. The van der Waals surface area contributed by atoms with E-state index < -0.39 is 24.2 Å². The average Bonchev–Trinajstić information content (AvgIpc) is 2.78. The van der Waals surface area contributed by atoms with Gasteiger partial charge in [-0.3, -0.25) is 4.90 Å². The summed E-state index contributed by atoms with van der Waals surface area (Å²) >= 11 is 15.7. The maximum Gasteiger partial charge on any atom is 0.415 e. The summed E-state index contributed by atoms with van der Waals surface area (Å²) in [7, 11) is 0. The summed E-state index contributed by atoms with van der Waals surface area (Å²) in [4.78, 5) is 22.2. The fraction of sp³-hybridized carbons (Fsp3) is 0.391. The summed E-state index contributed by atoms with van der Waals surface area (Å²) in [6.45, 7) is 0.560. The van der Waals surface area contributed by atoms with Gasteiger partial charge in [0.05, 0.1) is 0 Å². The van der Waals surface area contributed by atoms with Crippen molar-refractivity contribution in [3.63, 3.8) is 0 Å². The Morgan fingerprint density at radius 1 is 0.853 bits per heavy atom. The molecule has 0 atom stereocenters. The van der Waals surface area contributed by atoms with Gasteiger partial charge < -0.3 is 9.47 Å². The number of carbonyl (C=O) groups excluding carboxylic acids is 2. The molecule has 1 amide bonds. The van der Waals surface area contributed by atoms with Crippen LogP contribution in [0.5, 0.6) is 11.5 Å². The summed E-state index contributed by atoms with van der Waals surface area (Å²) < 4.78 is 46.1. The van der Waals surface area contributed by atoms with Crippen LogP contribution in [0.4, 0.5) is 22.8 Å². The van der Waals surface area contributed by atoms with E-state index in [9.17, 15) is 22.8 Å². The predicted molar refractivity (Wildman–Crippen MR) is 129 cm³/mol. The summed E-state index contributed by atoms with van der Waals surface area (Å²) in [5.74, 6) is 1.38. The molecule has 2 aromatic rings. The zero-order chi connectivity index (χ0) is 25.8. The molecule has 2 aromatic carbocycles. The lowest BCUT2D eigenvalue weighted by Crippen LogP contribution is -2.41. The first-order chi connectivity index (χ1) is 16.1. The second-order valence-corrected chi connectivity index (χ2v) is 7.52. The highest BCUT2D eigenvalue weighted by Crippen LogP contribution is 2.18. The van der Waals surface area contributed by atoms with E-state index in [2.05, 4.69) is 11.7 Å². The number of amides is 1. The van der Waals surface area contributed by atoms with Crippen molar-refractivity contribution in [1.29, 1.82) is 0 Å². The molecule has 0 unspecified atom stereocenters. The molecular formula is C23H27Cl3F3NO4. The molecule has 0 fully saturated rings. The van der Waals surface area contributed by atoms with Gasteiger partial charge in [0.2, 0.25) is 0 Å². The molecule has 0 aromatic heterocycles. The third-order valence-corrected chi connectivity index (χ3v) is 4.12. The maximum atomic E-state index is 12.2. The first kappa shape index (κ1) is 31.8. The molecule has 34 heavy (non-hydrogen) atoms. The Balaban J connectivity index is 0.000000568. The predicted octanol–water partition coefficient (Wildman–Crippen LogP) is 8.13. The smallest absolute Gasteiger partial charge is 0.415 e. The average molecular weight is 545 g/mol. The van der Waals surface area contributed by atoms with Gasteiger partial charge in [-0.1, -0.05) is 56.2 Å². The van der Waals surface area contributed by atoms with E-state index >= 15 is 0 Å². The van der Waals surface area contributed by atoms with Crippen LogP contribution in [0.15, 0.2) is 60.7 Å². The number of carbonyl (C=O) groups is 2. The number of alkyl halides is 5. The minimum atomic E-state index is -4.48. The van der Waals surface area contributed by atoms with Crippen molar-refractivity contribution < 1.29 is 32.2 Å². The first-order valence-electron chi connectivity index (χ1n) is 10.3. The fourth-order valence-corrected chi connectivity index (χ4v) is 2.62. The van der Waals surface area contributed by atoms with Crippen LogP contribution in [-0.4, -0.2) is 47.4 Å². The minimum Gasteiger partial charge on any atom is -0.415 e. The Labute approximate surface area is 212 Å². The number of ether oxygens (including phenoxy) is 2. The molecule has 0 spiro atoms. The molecule has 5 nitrogen and oxygen atoms in total. The molecule has 0 aliphatic rings. The number of halogens is 6. The molecule has 0 aliphatic carbocycles. The van der Waals surface area contributed by atoms with Crippen LogP contribution in [0, 0.1) is 0 Å². The van der Waals surface area contributed by atoms with E-state index in [-0.39, 0.29) is 18.2 Å². The van der Waals surface area contributed by atoms with Crippen LogP contribution in [-0.2, 0) is 0 Å². The first-order valence-corrected chi connectivity index (χ1v) is 11.7. The van der Waals surface area contributed by atoms with Gasteiger partial charge in [-0.15, -0.1) is 23.2 Å². The molecule has 0 heterocycles. The molecular weight excluding hydrogens is 518 g/mol. The van der Waals surface area contributed by atoms with E-state index in [0.717, 1.165) is 5.88 Å². The minimum absolute atomic E-state index is 0.0973. The molecule has 0 saturated carbocycles. The van der Waals surface area contributed by atoms with E-state index in [1.807, 2.05) is 6.07 Å². The number of hydrogen-bond donors (Lipinski definition) is 0. The van der Waals surface area contributed by atoms with E-state index in [0.29, 0.717) is 10.6 Å². The van der Waals surface area contributed by atoms with Crippen molar-refractivity contribution in [2.45, 2.75) is 32.4 Å². The van der Waals surface area contributed by atoms with Crippen molar-refractivity contribution in [3.8, 4) is 11.5 Å². The van der Waals surface area contributed by atoms with E-state index in [4.69, 9.17) is 39.5 Å². The van der Waals surface area contributed by atoms with Crippen LogP contribution >= 0.6 is 34.8 Å². The van der Waals surface area contributed by atoms with Gasteiger partial charge in [-0.2, -0.15) is 13.2 Å². The second-order valence-electron chi connectivity index (χ2n) is 6.46. The summed E-state index contributed by atoms with van der Waals surface area (Å²) in [6.07, 6.45) is -1.82. The van der Waals surface area contributed by atoms with Crippen LogP contribution in [0.2, 0.25) is 0 Å². The number of benzene rings is 2. The highest BCUT2D eigenvalue weighted by Gasteiger charge is 2.33. The molecule has 0 radical (unpaired) electrons. The lowest BCUT2D eigenvalue weighted by Gasteiger charge is -2.22. The van der Waals surface area contributed by atoms with Gasteiger partial charge >= 0.3 is 17.7 Å². The van der Waals surface area contributed by atoms with Crippen LogP contribution in [0.25, 0.3) is 0 Å². The summed E-state index contributed by atoms with van der Waals surface area (Å²) in [5, 5.41) is 0. The van der Waals surface area contributed by atoms with Crippen molar-refractivity contribution in [2.24, 2.45) is 0 Å². The van der Waals surface area contributed by atoms with Gasteiger partial charge in [0.15, 0.2) is 0 Å². The van der Waals surface area contributed by atoms with Gasteiger partial charge in [-0.25, -0.2) is 9.59 Å². The normalized spacial score (nSPS) is 10.1. The zero-order valence-corrected chi connectivity index (χ0v) is 20.8. The van der Waals surface area contributed by atoms with Crippen LogP contribution in [0.1, 0.15) is 26.2 Å². The van der Waals surface area contributed by atoms with Gasteiger partial charge in [0.1, 0.15) is 18.0 Å². The Morgan fingerprint density at radius 2 is 1.35 bits per heavy atom. The molecule has 190 valence electrons. The Morgan fingerprint density at radius 3 is 1.71 bits per heavy atom. The molecule has 2 rings (SSSR count). The van der Waals surface area contributed by atoms with Crippen LogP contribution in [0.3, 0.4) is 0 Å². The molecule has 0 bridgehead atoms. The number of nitrogens with zero attached hydrogens (tertiary/aromatic N) is 1. The fourth-order valence-electron chi connectivity index (χ4n) is 2.13. The van der Waals surface area contributed by atoms with Crippen LogP contribution < -0.4 is 9.47 Å². The Hall–Kier alpha value is -2.16. The number of hydrogen-bond acceptors (Lipinski definition) is 4. The maximum absolute atomic E-state index is 12.2. The van der Waals surface area contributed by atoms with Crippen molar-refractivity contribution in [1.82, 2.24) is 4.90 Å². The largest absolute Gasteiger partial charge is 0.415 e. The number of rotatable bonds is 8. The quantitative estimate of drug-likeness (QED) is 0.191. The highest BCUT2D eigenvalue weighted by atomic mass is 35.5. The third kappa shape index (κ3) is 18.3. The third-order valence-electron chi connectivity index (χ3n) is 3.61. The molecule has 0 N–H and O–H groups in total. The molecule has 0 saturated heterocycles. The molecule has 0 aliphatic heterocycles. The summed E-state index contributed by atoms with van der Waals surface area (Å²) in [6, 6.07) is 16.5. The monoisotopic (exact) mass is 543 g/mol. The summed E-state index contributed by atoms with van der Waals surface area (Å²) in [5.41, 5.74) is -0.814.